The van der Waals surface area contributed by atoms with E-state index in [2.05, 4.69) is 10.3 Å². The summed E-state index contributed by atoms with van der Waals surface area (Å²) in [6.07, 6.45) is 1.65. The first kappa shape index (κ1) is 25.2. The van der Waals surface area contributed by atoms with Crippen molar-refractivity contribution < 1.29 is 26.7 Å². The molecule has 0 spiro atoms. The lowest BCUT2D eigenvalue weighted by Crippen LogP contribution is -2.49. The average molecular weight is 522 g/mol. The van der Waals surface area contributed by atoms with Crippen LogP contribution < -0.4 is 10.1 Å². The van der Waals surface area contributed by atoms with Gasteiger partial charge in [-0.1, -0.05) is 18.6 Å². The number of nitrogens with one attached hydrogen (secondary N) is 1. The SMILES string of the molecule is COc1ccc(-c2csc(NC(=O)[C@H]3CCCCN3S(=O)(=O)c3ccc(C(C)(F)F)cc3)n2)cc1. The van der Waals surface area contributed by atoms with Crippen molar-refractivity contribution in [1.29, 1.82) is 0 Å². The van der Waals surface area contributed by atoms with Crippen molar-refractivity contribution in [2.75, 3.05) is 19.0 Å². The first-order valence-electron chi connectivity index (χ1n) is 11.0. The Morgan fingerprint density at radius 3 is 2.46 bits per heavy atom. The summed E-state index contributed by atoms with van der Waals surface area (Å²) in [6.45, 7) is 0.918. The second-order valence-corrected chi connectivity index (χ2v) is 11.0. The van der Waals surface area contributed by atoms with Crippen LogP contribution in [0, 0.1) is 0 Å². The molecule has 0 bridgehead atoms. The van der Waals surface area contributed by atoms with Crippen LogP contribution in [-0.4, -0.2) is 43.3 Å². The molecule has 1 aliphatic rings. The van der Waals surface area contributed by atoms with Gasteiger partial charge in [0.2, 0.25) is 15.9 Å². The Morgan fingerprint density at radius 1 is 1.14 bits per heavy atom. The molecule has 1 fully saturated rings. The maximum atomic E-state index is 13.5. The Morgan fingerprint density at radius 2 is 1.83 bits per heavy atom. The lowest BCUT2D eigenvalue weighted by atomic mass is 10.0. The first-order valence-corrected chi connectivity index (χ1v) is 13.3. The number of amides is 1. The number of ether oxygens (including phenoxy) is 1. The third kappa shape index (κ3) is 5.52. The van der Waals surface area contributed by atoms with Crippen molar-refractivity contribution in [1.82, 2.24) is 9.29 Å². The third-order valence-electron chi connectivity index (χ3n) is 5.84. The van der Waals surface area contributed by atoms with Gasteiger partial charge < -0.3 is 10.1 Å². The summed E-state index contributed by atoms with van der Waals surface area (Å²) in [6, 6.07) is 10.9. The molecule has 0 aliphatic carbocycles. The number of nitrogens with zero attached hydrogens (tertiary/aromatic N) is 2. The number of thiazole rings is 1. The number of hydrogen-bond acceptors (Lipinski definition) is 6. The number of halogens is 2. The zero-order valence-corrected chi connectivity index (χ0v) is 20.8. The first-order chi connectivity index (χ1) is 16.6. The molecule has 0 saturated carbocycles. The van der Waals surface area contributed by atoms with Crippen LogP contribution in [-0.2, 0) is 20.7 Å². The number of anilines is 1. The molecule has 0 unspecified atom stereocenters. The molecule has 4 rings (SSSR count). The molecule has 2 aromatic carbocycles. The van der Waals surface area contributed by atoms with Gasteiger partial charge in [0.1, 0.15) is 11.8 Å². The predicted octanol–water partition coefficient (Wildman–Crippen LogP) is 5.11. The highest BCUT2D eigenvalue weighted by Crippen LogP contribution is 2.31. The van der Waals surface area contributed by atoms with E-state index in [0.717, 1.165) is 41.1 Å². The minimum Gasteiger partial charge on any atom is -0.497 e. The van der Waals surface area contributed by atoms with Gasteiger partial charge in [-0.15, -0.1) is 11.3 Å². The molecule has 1 saturated heterocycles. The summed E-state index contributed by atoms with van der Waals surface area (Å²) in [7, 11) is -2.47. The van der Waals surface area contributed by atoms with Crippen LogP contribution in [0.5, 0.6) is 5.75 Å². The van der Waals surface area contributed by atoms with Gasteiger partial charge in [-0.05, 0) is 49.2 Å². The van der Waals surface area contributed by atoms with Crippen molar-refractivity contribution >= 4 is 32.4 Å². The fourth-order valence-electron chi connectivity index (χ4n) is 3.92. The van der Waals surface area contributed by atoms with Crippen LogP contribution >= 0.6 is 11.3 Å². The number of rotatable bonds is 7. The van der Waals surface area contributed by atoms with Crippen LogP contribution in [0.25, 0.3) is 11.3 Å². The lowest BCUT2D eigenvalue weighted by molar-refractivity contribution is -0.120. The van der Waals surface area contributed by atoms with Gasteiger partial charge in [0.05, 0.1) is 17.7 Å². The van der Waals surface area contributed by atoms with Gasteiger partial charge in [0.15, 0.2) is 5.13 Å². The van der Waals surface area contributed by atoms with E-state index in [-0.39, 0.29) is 17.0 Å². The van der Waals surface area contributed by atoms with Crippen LogP contribution in [0.2, 0.25) is 0 Å². The summed E-state index contributed by atoms with van der Waals surface area (Å²) in [4.78, 5) is 17.4. The molecule has 11 heteroatoms. The smallest absolute Gasteiger partial charge is 0.270 e. The van der Waals surface area contributed by atoms with Crippen LogP contribution in [0.3, 0.4) is 0 Å². The van der Waals surface area contributed by atoms with Crippen molar-refractivity contribution in [3.63, 3.8) is 0 Å². The van der Waals surface area contributed by atoms with Gasteiger partial charge in [-0.25, -0.2) is 22.2 Å². The van der Waals surface area contributed by atoms with Crippen LogP contribution in [0.15, 0.2) is 58.8 Å². The molecule has 35 heavy (non-hydrogen) atoms. The lowest BCUT2D eigenvalue weighted by Gasteiger charge is -2.33. The van der Waals surface area contributed by atoms with Crippen LogP contribution in [0.1, 0.15) is 31.7 Å². The molecule has 7 nitrogen and oxygen atoms in total. The van der Waals surface area contributed by atoms with E-state index in [1.54, 1.807) is 12.5 Å². The normalized spacial score (nSPS) is 17.2. The third-order valence-corrected chi connectivity index (χ3v) is 8.52. The van der Waals surface area contributed by atoms with E-state index >= 15 is 0 Å². The number of alkyl halides is 2. The van der Waals surface area contributed by atoms with Gasteiger partial charge in [-0.3, -0.25) is 4.79 Å². The Hall–Kier alpha value is -2.89. The fraction of sp³-hybridized carbons (Fsp3) is 0.333. The Balaban J connectivity index is 1.51. The van der Waals surface area contributed by atoms with Crippen molar-refractivity contribution in [3.05, 3.63) is 59.5 Å². The maximum absolute atomic E-state index is 13.5. The average Bonchev–Trinajstić information content (AvgIpc) is 3.32. The van der Waals surface area contributed by atoms with Gasteiger partial charge >= 0.3 is 0 Å². The molecule has 1 aliphatic heterocycles. The number of hydrogen-bond donors (Lipinski definition) is 1. The number of benzene rings is 2. The van der Waals surface area contributed by atoms with Gasteiger partial charge in [0.25, 0.3) is 5.92 Å². The summed E-state index contributed by atoms with van der Waals surface area (Å²) in [5.41, 5.74) is 1.25. The Bertz CT molecular complexity index is 1290. The number of methoxy groups -OCH3 is 1. The molecular weight excluding hydrogens is 496 g/mol. The number of carbonyl (C=O) groups excluding carboxylic acids is 1. The second kappa shape index (κ2) is 10.00. The summed E-state index contributed by atoms with van der Waals surface area (Å²) in [5, 5.41) is 4.91. The summed E-state index contributed by atoms with van der Waals surface area (Å²) < 4.78 is 60.0. The Labute approximate surface area is 206 Å². The molecular formula is C24H25F2N3O4S2. The van der Waals surface area contributed by atoms with E-state index in [1.165, 1.54) is 11.3 Å². The minimum absolute atomic E-state index is 0.124. The predicted molar refractivity (Wildman–Crippen MR) is 130 cm³/mol. The molecule has 1 atom stereocenters. The molecule has 186 valence electrons. The largest absolute Gasteiger partial charge is 0.497 e. The number of carbonyl (C=O) groups is 1. The number of aromatic nitrogens is 1. The molecule has 1 aromatic heterocycles. The van der Waals surface area contributed by atoms with Crippen molar-refractivity contribution in [3.8, 4) is 17.0 Å². The van der Waals surface area contributed by atoms with Gasteiger partial charge in [-0.2, -0.15) is 4.31 Å². The topological polar surface area (TPSA) is 88.6 Å². The molecule has 0 radical (unpaired) electrons. The van der Waals surface area contributed by atoms with E-state index in [1.807, 2.05) is 24.3 Å². The van der Waals surface area contributed by atoms with Crippen LogP contribution in [0.4, 0.5) is 13.9 Å². The quantitative estimate of drug-likeness (QED) is 0.467. The van der Waals surface area contributed by atoms with Crippen molar-refractivity contribution in [2.45, 2.75) is 43.0 Å². The van der Waals surface area contributed by atoms with E-state index in [9.17, 15) is 22.0 Å². The molecule has 1 N–H and O–H groups in total. The molecule has 2 heterocycles. The second-order valence-electron chi connectivity index (χ2n) is 8.30. The highest BCUT2D eigenvalue weighted by atomic mass is 32.2. The zero-order chi connectivity index (χ0) is 25.2. The Kier molecular flexibility index (Phi) is 7.20. The standard InChI is InChI=1S/C24H25F2N3O4S2/c1-24(25,26)17-8-12-19(13-9-17)35(31,32)29-14-4-3-5-21(29)22(30)28-23-27-20(15-34-23)16-6-10-18(33-2)11-7-16/h6-13,15,21H,3-5,14H2,1-2H3,(H,27,28,30)/t21-/m1/s1. The fourth-order valence-corrected chi connectivity index (χ4v) is 6.30. The maximum Gasteiger partial charge on any atom is 0.270 e. The van der Waals surface area contributed by atoms with Gasteiger partial charge in [0, 0.05) is 30.0 Å². The zero-order valence-electron chi connectivity index (χ0n) is 19.2. The summed E-state index contributed by atoms with van der Waals surface area (Å²) in [5.74, 6) is -2.83. The highest BCUT2D eigenvalue weighted by Gasteiger charge is 2.38. The van der Waals surface area contributed by atoms with E-state index in [4.69, 9.17) is 4.74 Å². The van der Waals surface area contributed by atoms with E-state index < -0.39 is 27.9 Å². The minimum atomic E-state index is -4.06. The monoisotopic (exact) mass is 521 g/mol. The van der Waals surface area contributed by atoms with Crippen molar-refractivity contribution in [2.24, 2.45) is 0 Å². The summed E-state index contributed by atoms with van der Waals surface area (Å²) >= 11 is 1.24. The molecule has 3 aromatic rings. The number of piperidine rings is 1. The highest BCUT2D eigenvalue weighted by molar-refractivity contribution is 7.89. The molecule has 1 amide bonds. The van der Waals surface area contributed by atoms with E-state index in [0.29, 0.717) is 35.8 Å². The number of sulfonamides is 1.